The quantitative estimate of drug-likeness (QED) is 0.230. The van der Waals surface area contributed by atoms with Crippen LogP contribution in [0.3, 0.4) is 0 Å². The van der Waals surface area contributed by atoms with E-state index >= 15 is 0 Å². The van der Waals surface area contributed by atoms with Gasteiger partial charge in [0.15, 0.2) is 11.8 Å². The summed E-state index contributed by atoms with van der Waals surface area (Å²) in [6.07, 6.45) is 2.04. The predicted octanol–water partition coefficient (Wildman–Crippen LogP) is 3.82. The van der Waals surface area contributed by atoms with Gasteiger partial charge in [0.25, 0.3) is 5.91 Å². The number of nitrogens with zero attached hydrogens (tertiary/aromatic N) is 3. The number of pyridine rings is 1. The molecule has 0 aliphatic rings. The number of hydrogen-bond acceptors (Lipinski definition) is 7. The molecule has 0 aliphatic carbocycles. The molecule has 164 valence electrons. The van der Waals surface area contributed by atoms with Crippen molar-refractivity contribution in [2.24, 2.45) is 0 Å². The molecule has 2 aromatic carbocycles. The van der Waals surface area contributed by atoms with Crippen LogP contribution in [0.15, 0.2) is 66.9 Å². The summed E-state index contributed by atoms with van der Waals surface area (Å²) >= 11 is 0. The molecule has 2 heterocycles. The third kappa shape index (κ3) is 3.94. The number of amides is 1. The first kappa shape index (κ1) is 21.2. The van der Waals surface area contributed by atoms with Crippen LogP contribution in [0.25, 0.3) is 10.9 Å². The summed E-state index contributed by atoms with van der Waals surface area (Å²) in [6.45, 7) is 1.46. The number of anilines is 2. The van der Waals surface area contributed by atoms with Gasteiger partial charge in [-0.1, -0.05) is 12.1 Å². The average Bonchev–Trinajstić information content (AvgIpc) is 3.10. The lowest BCUT2D eigenvalue weighted by Crippen LogP contribution is -2.33. The second kappa shape index (κ2) is 8.58. The zero-order valence-corrected chi connectivity index (χ0v) is 17.2. The molecule has 4 rings (SSSR count). The van der Waals surface area contributed by atoms with Crippen molar-refractivity contribution in [2.45, 2.75) is 19.4 Å². The minimum atomic E-state index is -1.09. The fourth-order valence-corrected chi connectivity index (χ4v) is 3.61. The van der Waals surface area contributed by atoms with Crippen molar-refractivity contribution in [3.05, 3.63) is 78.0 Å². The van der Waals surface area contributed by atoms with Crippen LogP contribution >= 0.6 is 0 Å². The second-order valence-electron chi connectivity index (χ2n) is 7.41. The lowest BCUT2D eigenvalue weighted by atomic mass is 10.0. The molecule has 0 bridgehead atoms. The number of hydroxylamine groups is 1. The molecule has 9 heteroatoms. The Kier molecular flexibility index (Phi) is 5.67. The van der Waals surface area contributed by atoms with Gasteiger partial charge in [-0.3, -0.25) is 30.2 Å². The van der Waals surface area contributed by atoms with E-state index in [1.54, 1.807) is 6.20 Å². The van der Waals surface area contributed by atoms with Crippen molar-refractivity contribution >= 4 is 28.2 Å². The van der Waals surface area contributed by atoms with Crippen LogP contribution in [-0.4, -0.2) is 36.1 Å². The van der Waals surface area contributed by atoms with Gasteiger partial charge in [0.05, 0.1) is 16.9 Å². The minimum absolute atomic E-state index is 0.164. The van der Waals surface area contributed by atoms with Crippen molar-refractivity contribution in [1.29, 1.82) is 0 Å². The molecule has 0 saturated carbocycles. The summed E-state index contributed by atoms with van der Waals surface area (Å²) in [4.78, 5) is 17.1. The van der Waals surface area contributed by atoms with E-state index in [1.165, 1.54) is 37.3 Å². The van der Waals surface area contributed by atoms with E-state index in [-0.39, 0.29) is 17.4 Å². The number of hydrogen-bond donors (Lipinski definition) is 5. The van der Waals surface area contributed by atoms with Crippen LogP contribution < -0.4 is 10.5 Å². The molecule has 1 amide bonds. The first-order valence-corrected chi connectivity index (χ1v) is 9.87. The summed E-state index contributed by atoms with van der Waals surface area (Å²) in [5, 5.41) is 41.7. The van der Waals surface area contributed by atoms with Gasteiger partial charge in [0, 0.05) is 29.6 Å². The van der Waals surface area contributed by atoms with Gasteiger partial charge in [0.2, 0.25) is 0 Å². The van der Waals surface area contributed by atoms with Crippen LogP contribution in [-0.2, 0) is 11.2 Å². The SMILES string of the molecule is C[C@@H](C(=O)N(O)c1ccc(NO)cc1)n1c(O)cc(Cc2ccc3ncccc3c2)c1O. The van der Waals surface area contributed by atoms with Crippen molar-refractivity contribution in [3.8, 4) is 11.8 Å². The second-order valence-corrected chi connectivity index (χ2v) is 7.41. The molecular weight excluding hydrogens is 412 g/mol. The van der Waals surface area contributed by atoms with E-state index in [2.05, 4.69) is 4.98 Å². The van der Waals surface area contributed by atoms with E-state index < -0.39 is 11.9 Å². The van der Waals surface area contributed by atoms with E-state index in [0.717, 1.165) is 21.0 Å². The molecule has 32 heavy (non-hydrogen) atoms. The van der Waals surface area contributed by atoms with Crippen molar-refractivity contribution in [1.82, 2.24) is 9.55 Å². The van der Waals surface area contributed by atoms with Crippen LogP contribution in [0, 0.1) is 0 Å². The summed E-state index contributed by atoms with van der Waals surface area (Å²) < 4.78 is 1.06. The van der Waals surface area contributed by atoms with Gasteiger partial charge < -0.3 is 10.2 Å². The highest BCUT2D eigenvalue weighted by Gasteiger charge is 2.27. The molecule has 0 fully saturated rings. The molecule has 5 N–H and O–H groups in total. The molecule has 9 nitrogen and oxygen atoms in total. The number of aromatic hydroxyl groups is 2. The number of fused-ring (bicyclic) bond motifs is 1. The average molecular weight is 434 g/mol. The number of nitrogens with one attached hydrogen (secondary N) is 1. The van der Waals surface area contributed by atoms with Gasteiger partial charge in [-0.2, -0.15) is 5.06 Å². The Hall–Kier alpha value is -4.08. The van der Waals surface area contributed by atoms with E-state index in [1.807, 2.05) is 35.8 Å². The number of benzene rings is 2. The summed E-state index contributed by atoms with van der Waals surface area (Å²) in [7, 11) is 0. The van der Waals surface area contributed by atoms with Gasteiger partial charge in [-0.15, -0.1) is 0 Å². The normalized spacial score (nSPS) is 12.0. The molecule has 0 aliphatic heterocycles. The van der Waals surface area contributed by atoms with E-state index in [4.69, 9.17) is 5.21 Å². The standard InChI is InChI=1S/C23H22N4O5/c1-14(22(29)27(32)19-7-5-18(25-31)6-8-19)26-21(28)13-17(23(26)30)12-15-4-9-20-16(11-15)3-2-10-24-20/h2-11,13-14,25,28,30-32H,12H2,1H3/t14-/m0/s1. The Bertz CT molecular complexity index is 1270. The first-order chi connectivity index (χ1) is 15.4. The van der Waals surface area contributed by atoms with Crippen LogP contribution in [0.1, 0.15) is 24.1 Å². The van der Waals surface area contributed by atoms with Gasteiger partial charge >= 0.3 is 0 Å². The topological polar surface area (TPSA) is 131 Å². The largest absolute Gasteiger partial charge is 0.494 e. The molecular formula is C23H22N4O5. The minimum Gasteiger partial charge on any atom is -0.494 e. The van der Waals surface area contributed by atoms with Crippen molar-refractivity contribution < 1.29 is 25.4 Å². The number of aromatic nitrogens is 2. The highest BCUT2D eigenvalue weighted by Crippen LogP contribution is 2.34. The smallest absolute Gasteiger partial charge is 0.273 e. The first-order valence-electron chi connectivity index (χ1n) is 9.87. The Balaban J connectivity index is 1.57. The lowest BCUT2D eigenvalue weighted by molar-refractivity contribution is -0.126. The molecule has 0 radical (unpaired) electrons. The number of rotatable bonds is 6. The number of carbonyl (C=O) groups is 1. The van der Waals surface area contributed by atoms with Gasteiger partial charge in [-0.05, 0) is 55.0 Å². The third-order valence-electron chi connectivity index (χ3n) is 5.32. The maximum Gasteiger partial charge on any atom is 0.273 e. The Labute approximate surface area is 183 Å². The maximum absolute atomic E-state index is 12.8. The fraction of sp³-hybridized carbons (Fsp3) is 0.130. The van der Waals surface area contributed by atoms with Crippen LogP contribution in [0.5, 0.6) is 11.8 Å². The molecule has 4 aromatic rings. The molecule has 2 aromatic heterocycles. The monoisotopic (exact) mass is 434 g/mol. The van der Waals surface area contributed by atoms with Gasteiger partial charge in [0.1, 0.15) is 6.04 Å². The maximum atomic E-state index is 12.8. The van der Waals surface area contributed by atoms with Crippen LogP contribution in [0.4, 0.5) is 11.4 Å². The highest BCUT2D eigenvalue weighted by atomic mass is 16.5. The Morgan fingerprint density at radius 2 is 1.88 bits per heavy atom. The fourth-order valence-electron chi connectivity index (χ4n) is 3.61. The zero-order chi connectivity index (χ0) is 22.8. The lowest BCUT2D eigenvalue weighted by Gasteiger charge is -2.21. The predicted molar refractivity (Wildman–Crippen MR) is 118 cm³/mol. The molecule has 1 atom stereocenters. The Morgan fingerprint density at radius 3 is 2.59 bits per heavy atom. The van der Waals surface area contributed by atoms with Crippen LogP contribution in [0.2, 0.25) is 0 Å². The number of carbonyl (C=O) groups excluding carboxylic acids is 1. The third-order valence-corrected chi connectivity index (χ3v) is 5.32. The highest BCUT2D eigenvalue weighted by molar-refractivity contribution is 5.94. The summed E-state index contributed by atoms with van der Waals surface area (Å²) in [5.41, 5.74) is 4.70. The zero-order valence-electron chi connectivity index (χ0n) is 17.2. The molecule has 0 unspecified atom stereocenters. The van der Waals surface area contributed by atoms with E-state index in [0.29, 0.717) is 22.7 Å². The van der Waals surface area contributed by atoms with Crippen molar-refractivity contribution in [3.63, 3.8) is 0 Å². The van der Waals surface area contributed by atoms with Crippen molar-refractivity contribution in [2.75, 3.05) is 10.5 Å². The van der Waals surface area contributed by atoms with E-state index in [9.17, 15) is 20.2 Å². The molecule has 0 spiro atoms. The van der Waals surface area contributed by atoms with Gasteiger partial charge in [-0.25, -0.2) is 0 Å². The Morgan fingerprint density at radius 1 is 1.12 bits per heavy atom. The summed E-state index contributed by atoms with van der Waals surface area (Å²) in [5.74, 6) is -1.32. The molecule has 0 saturated heterocycles. The summed E-state index contributed by atoms with van der Waals surface area (Å²) in [6, 6.07) is 15.6.